The van der Waals surface area contributed by atoms with Gasteiger partial charge in [0.25, 0.3) is 0 Å². The van der Waals surface area contributed by atoms with E-state index in [1.54, 1.807) is 11.3 Å². The maximum atomic E-state index is 5.91. The molecule has 0 saturated heterocycles. The zero-order valence-electron chi connectivity index (χ0n) is 14.9. The first-order valence-corrected chi connectivity index (χ1v) is 12.6. The molecule has 0 saturated carbocycles. The number of nitrogens with zero attached hydrogens (tertiary/aromatic N) is 2. The van der Waals surface area contributed by atoms with E-state index in [1.165, 1.54) is 0 Å². The molecule has 0 amide bonds. The van der Waals surface area contributed by atoms with Gasteiger partial charge < -0.3 is 0 Å². The van der Waals surface area contributed by atoms with Crippen LogP contribution in [0.5, 0.6) is 0 Å². The van der Waals surface area contributed by atoms with Gasteiger partial charge in [0, 0.05) is 19.8 Å². The van der Waals surface area contributed by atoms with E-state index in [9.17, 15) is 0 Å². The number of hydrogen-bond acceptors (Lipinski definition) is 3. The third-order valence-corrected chi connectivity index (χ3v) is 5.37. The number of aliphatic imine (C=N–C) groups is 2. The first-order chi connectivity index (χ1) is 13.4. The Labute approximate surface area is 193 Å². The molecule has 1 aromatic heterocycles. The molecule has 0 N–H and O–H groups in total. The molecule has 0 atom stereocenters. The summed E-state index contributed by atoms with van der Waals surface area (Å²) in [6.45, 7) is 4.02. The average molecular weight is 514 g/mol. The Bertz CT molecular complexity index is 875. The van der Waals surface area contributed by atoms with Crippen LogP contribution in [0.15, 0.2) is 70.6 Å². The molecule has 28 heavy (non-hydrogen) atoms. The standard InChI is InChI=1S/C20H16Cl2N2S.2ClH.Fe/c1-13(23-17-7-3-15(21)4-8-17)19-11-12-20(25-19)14(2)24-18-9-5-16(22)6-10-18;;;/h3-12H,1-2H3;2*1H;/q;;;+2/p-2. The van der Waals surface area contributed by atoms with Crippen molar-refractivity contribution < 1.29 is 13.1 Å². The molecular weight excluding hydrogens is 498 g/mol. The van der Waals surface area contributed by atoms with Crippen molar-refractivity contribution in [2.24, 2.45) is 9.98 Å². The van der Waals surface area contributed by atoms with Gasteiger partial charge in [-0.1, -0.05) is 23.2 Å². The van der Waals surface area contributed by atoms with Crippen LogP contribution < -0.4 is 0 Å². The van der Waals surface area contributed by atoms with Gasteiger partial charge in [0.1, 0.15) is 0 Å². The zero-order chi connectivity index (χ0) is 20.5. The van der Waals surface area contributed by atoms with Gasteiger partial charge in [-0.2, -0.15) is 0 Å². The van der Waals surface area contributed by atoms with Crippen LogP contribution in [-0.4, -0.2) is 11.4 Å². The Morgan fingerprint density at radius 1 is 0.679 bits per heavy atom. The third kappa shape index (κ3) is 7.53. The van der Waals surface area contributed by atoms with Gasteiger partial charge in [0.2, 0.25) is 0 Å². The van der Waals surface area contributed by atoms with Crippen LogP contribution in [-0.2, 0) is 13.1 Å². The summed E-state index contributed by atoms with van der Waals surface area (Å²) in [6, 6.07) is 19.2. The van der Waals surface area contributed by atoms with Gasteiger partial charge in [-0.05, 0) is 74.5 Å². The summed E-state index contributed by atoms with van der Waals surface area (Å²) in [5.41, 5.74) is 3.72. The van der Waals surface area contributed by atoms with Crippen molar-refractivity contribution in [3.8, 4) is 0 Å². The fraction of sp³-hybridized carbons (Fsp3) is 0.100. The van der Waals surface area contributed by atoms with Crippen LogP contribution in [0.25, 0.3) is 0 Å². The van der Waals surface area contributed by atoms with Crippen molar-refractivity contribution >= 4 is 77.5 Å². The fourth-order valence-corrected chi connectivity index (χ4v) is 3.40. The van der Waals surface area contributed by atoms with Crippen LogP contribution in [0.1, 0.15) is 23.6 Å². The molecule has 2 aromatic carbocycles. The van der Waals surface area contributed by atoms with Crippen LogP contribution >= 0.6 is 54.7 Å². The Morgan fingerprint density at radius 2 is 1.00 bits per heavy atom. The molecule has 2 nitrogen and oxygen atoms in total. The topological polar surface area (TPSA) is 24.7 Å². The first kappa shape index (κ1) is 23.4. The van der Waals surface area contributed by atoms with E-state index in [4.69, 9.17) is 43.4 Å². The van der Waals surface area contributed by atoms with Gasteiger partial charge in [-0.3, -0.25) is 9.98 Å². The second-order valence-electron chi connectivity index (χ2n) is 5.56. The van der Waals surface area contributed by atoms with Gasteiger partial charge in [0.05, 0.1) is 22.8 Å². The molecule has 0 aliphatic heterocycles. The zero-order valence-corrected chi connectivity index (χ0v) is 19.9. The number of benzene rings is 2. The molecule has 0 aliphatic carbocycles. The quantitative estimate of drug-likeness (QED) is 0.246. The molecule has 3 aromatic rings. The van der Waals surface area contributed by atoms with Gasteiger partial charge >= 0.3 is 33.3 Å². The number of hydrogen-bond donors (Lipinski definition) is 0. The second-order valence-corrected chi connectivity index (χ2v) is 9.34. The molecule has 0 radical (unpaired) electrons. The molecule has 0 fully saturated rings. The van der Waals surface area contributed by atoms with E-state index in [2.05, 4.69) is 22.1 Å². The summed E-state index contributed by atoms with van der Waals surface area (Å²) in [7, 11) is 9.53. The Hall–Kier alpha value is -0.841. The van der Waals surface area contributed by atoms with Gasteiger partial charge in [-0.25, -0.2) is 0 Å². The summed E-state index contributed by atoms with van der Waals surface area (Å²) in [6.07, 6.45) is 0. The molecule has 3 rings (SSSR count). The van der Waals surface area contributed by atoms with Crippen LogP contribution in [0.3, 0.4) is 0 Å². The van der Waals surface area contributed by atoms with Crippen molar-refractivity contribution in [2.45, 2.75) is 13.8 Å². The number of rotatable bonds is 4. The van der Waals surface area contributed by atoms with E-state index in [0.29, 0.717) is 10.0 Å². The summed E-state index contributed by atoms with van der Waals surface area (Å²) >= 11 is 13.7. The van der Waals surface area contributed by atoms with Crippen molar-refractivity contribution in [1.82, 2.24) is 0 Å². The van der Waals surface area contributed by atoms with Crippen molar-refractivity contribution in [3.63, 3.8) is 0 Å². The number of halogens is 4. The van der Waals surface area contributed by atoms with Gasteiger partial charge in [0.15, 0.2) is 0 Å². The first-order valence-electron chi connectivity index (χ1n) is 8.00. The third-order valence-electron chi connectivity index (χ3n) is 3.57. The fourth-order valence-electron chi connectivity index (χ4n) is 2.26. The Kier molecular flexibility index (Phi) is 10.0. The molecule has 1 heterocycles. The minimum absolute atomic E-state index is 0.194. The Morgan fingerprint density at radius 3 is 1.32 bits per heavy atom. The molecule has 0 unspecified atom stereocenters. The SMILES string of the molecule is CC(=Nc1ccc(Cl)cc1)c1ccc(C(C)=Nc2ccc(Cl)cc2)s1.[Cl][Fe][Cl]. The van der Waals surface area contributed by atoms with E-state index in [0.717, 1.165) is 32.6 Å². The minimum atomic E-state index is 0.194. The molecular formula is C20H16Cl4FeN2S. The van der Waals surface area contributed by atoms with E-state index in [1.807, 2.05) is 62.4 Å². The molecule has 0 bridgehead atoms. The predicted octanol–water partition coefficient (Wildman–Crippen LogP) is 8.71. The van der Waals surface area contributed by atoms with Crippen molar-refractivity contribution in [1.29, 1.82) is 0 Å². The number of thiophene rings is 1. The normalized spacial score (nSPS) is 11.9. The second kappa shape index (κ2) is 12.0. The summed E-state index contributed by atoms with van der Waals surface area (Å²) < 4.78 is 0. The van der Waals surface area contributed by atoms with Crippen LogP contribution in [0.2, 0.25) is 10.0 Å². The molecule has 148 valence electrons. The van der Waals surface area contributed by atoms with Crippen LogP contribution in [0, 0.1) is 0 Å². The molecule has 0 spiro atoms. The summed E-state index contributed by atoms with van der Waals surface area (Å²) in [4.78, 5) is 11.5. The van der Waals surface area contributed by atoms with E-state index >= 15 is 0 Å². The average Bonchev–Trinajstić information content (AvgIpc) is 3.17. The summed E-state index contributed by atoms with van der Waals surface area (Å²) in [5.74, 6) is 0. The van der Waals surface area contributed by atoms with Crippen molar-refractivity contribution in [3.05, 3.63) is 80.5 Å². The van der Waals surface area contributed by atoms with Crippen LogP contribution in [0.4, 0.5) is 11.4 Å². The van der Waals surface area contributed by atoms with Crippen molar-refractivity contribution in [2.75, 3.05) is 0 Å². The van der Waals surface area contributed by atoms with E-state index in [-0.39, 0.29) is 13.1 Å². The van der Waals surface area contributed by atoms with Gasteiger partial charge in [-0.15, -0.1) is 11.3 Å². The molecule has 0 aliphatic rings. The van der Waals surface area contributed by atoms with E-state index < -0.39 is 0 Å². The molecule has 8 heteroatoms. The monoisotopic (exact) mass is 512 g/mol. The Balaban J connectivity index is 0.000000878. The maximum absolute atomic E-state index is 5.91. The predicted molar refractivity (Wildman–Crippen MR) is 123 cm³/mol. The summed E-state index contributed by atoms with van der Waals surface area (Å²) in [5, 5.41) is 1.42.